The van der Waals surface area contributed by atoms with Gasteiger partial charge in [0.2, 0.25) is 0 Å². The van der Waals surface area contributed by atoms with Crippen LogP contribution in [-0.4, -0.2) is 49.5 Å². The zero-order valence-electron chi connectivity index (χ0n) is 10.3. The summed E-state index contributed by atoms with van der Waals surface area (Å²) in [6.45, 7) is 1.12. The Bertz CT molecular complexity index is 472. The molecular formula is C11H18N2O3S2. The van der Waals surface area contributed by atoms with Crippen molar-refractivity contribution in [2.24, 2.45) is 5.73 Å². The van der Waals surface area contributed by atoms with Crippen molar-refractivity contribution in [2.45, 2.75) is 11.4 Å². The summed E-state index contributed by atoms with van der Waals surface area (Å²) in [5.41, 5.74) is 6.76. The Hall–Kier alpha value is -0.500. The lowest BCUT2D eigenvalue weighted by molar-refractivity contribution is 0.197. The summed E-state index contributed by atoms with van der Waals surface area (Å²) in [5, 5.41) is -0.459. The Morgan fingerprint density at radius 1 is 1.67 bits per heavy atom. The normalized spacial score (nSPS) is 24.0. The highest BCUT2D eigenvalue weighted by Gasteiger charge is 2.35. The van der Waals surface area contributed by atoms with E-state index in [1.807, 2.05) is 11.0 Å². The fourth-order valence-electron chi connectivity index (χ4n) is 2.25. The van der Waals surface area contributed by atoms with Gasteiger partial charge in [0.25, 0.3) is 0 Å². The minimum atomic E-state index is -3.10. The minimum Gasteiger partial charge on any atom is -0.472 e. The molecular weight excluding hydrogens is 272 g/mol. The first-order chi connectivity index (χ1) is 8.54. The summed E-state index contributed by atoms with van der Waals surface area (Å²) in [7, 11) is -3.10. The number of hydrogen-bond donors (Lipinski definition) is 1. The molecule has 1 aromatic rings. The average molecular weight is 290 g/mol. The molecule has 7 heteroatoms. The van der Waals surface area contributed by atoms with Crippen LogP contribution in [0.3, 0.4) is 0 Å². The molecule has 0 amide bonds. The van der Waals surface area contributed by atoms with Crippen LogP contribution < -0.4 is 5.73 Å². The van der Waals surface area contributed by atoms with Crippen LogP contribution in [0.5, 0.6) is 0 Å². The summed E-state index contributed by atoms with van der Waals surface area (Å²) in [4.78, 5) is 1.98. The van der Waals surface area contributed by atoms with Gasteiger partial charge in [-0.05, 0) is 6.07 Å². The second kappa shape index (κ2) is 5.64. The lowest BCUT2D eigenvalue weighted by Crippen LogP contribution is -2.50. The number of rotatable bonds is 4. The quantitative estimate of drug-likeness (QED) is 0.879. The third-order valence-corrected chi connectivity index (χ3v) is 5.83. The second-order valence-corrected chi connectivity index (χ2v) is 7.76. The van der Waals surface area contributed by atoms with Crippen molar-refractivity contribution in [1.29, 1.82) is 0 Å². The van der Waals surface area contributed by atoms with E-state index < -0.39 is 15.2 Å². The Kier molecular flexibility index (Phi) is 4.37. The molecule has 1 aliphatic rings. The zero-order chi connectivity index (χ0) is 13.2. The molecule has 1 aromatic heterocycles. The Morgan fingerprint density at radius 3 is 3.00 bits per heavy atom. The molecule has 0 aliphatic carbocycles. The summed E-state index contributed by atoms with van der Waals surface area (Å²) < 4.78 is 28.8. The fourth-order valence-corrected chi connectivity index (χ4v) is 5.17. The first-order valence-corrected chi connectivity index (χ1v) is 8.89. The van der Waals surface area contributed by atoms with Crippen LogP contribution in [-0.2, 0) is 9.84 Å². The number of sulfone groups is 1. The van der Waals surface area contributed by atoms with E-state index in [-0.39, 0.29) is 6.04 Å². The molecule has 5 nitrogen and oxygen atoms in total. The van der Waals surface area contributed by atoms with Crippen LogP contribution in [0, 0.1) is 0 Å². The van der Waals surface area contributed by atoms with Crippen LogP contribution in [0.1, 0.15) is 11.6 Å². The van der Waals surface area contributed by atoms with Crippen LogP contribution in [0.4, 0.5) is 0 Å². The van der Waals surface area contributed by atoms with Gasteiger partial charge in [-0.25, -0.2) is 8.42 Å². The molecule has 0 saturated carbocycles. The number of thioether (sulfide) groups is 1. The molecule has 2 rings (SSSR count). The lowest BCUT2D eigenvalue weighted by atomic mass is 10.1. The Labute approximate surface area is 112 Å². The maximum Gasteiger partial charge on any atom is 0.164 e. The van der Waals surface area contributed by atoms with E-state index in [0.717, 1.165) is 17.9 Å². The summed E-state index contributed by atoms with van der Waals surface area (Å²) in [6, 6.07) is 1.75. The molecule has 1 saturated heterocycles. The van der Waals surface area contributed by atoms with Gasteiger partial charge < -0.3 is 10.2 Å². The van der Waals surface area contributed by atoms with E-state index in [0.29, 0.717) is 12.3 Å². The molecule has 1 aliphatic heterocycles. The van der Waals surface area contributed by atoms with Gasteiger partial charge in [-0.1, -0.05) is 0 Å². The van der Waals surface area contributed by atoms with Crippen molar-refractivity contribution in [2.75, 3.05) is 30.9 Å². The zero-order valence-corrected chi connectivity index (χ0v) is 11.9. The van der Waals surface area contributed by atoms with Gasteiger partial charge in [-0.2, -0.15) is 11.8 Å². The number of nitrogens with two attached hydrogens (primary N) is 1. The maximum atomic E-state index is 11.9. The summed E-state index contributed by atoms with van der Waals surface area (Å²) in [6.07, 6.45) is 4.52. The molecule has 2 unspecified atom stereocenters. The molecule has 102 valence electrons. The topological polar surface area (TPSA) is 76.5 Å². The van der Waals surface area contributed by atoms with E-state index >= 15 is 0 Å². The average Bonchev–Trinajstić information content (AvgIpc) is 2.83. The van der Waals surface area contributed by atoms with Crippen LogP contribution in [0.25, 0.3) is 0 Å². The van der Waals surface area contributed by atoms with Gasteiger partial charge in [-0.3, -0.25) is 4.90 Å². The minimum absolute atomic E-state index is 0.0932. The number of furan rings is 1. The van der Waals surface area contributed by atoms with Gasteiger partial charge in [0.05, 0.1) is 18.6 Å². The van der Waals surface area contributed by atoms with Crippen molar-refractivity contribution < 1.29 is 12.8 Å². The lowest BCUT2D eigenvalue weighted by Gasteiger charge is -2.39. The first kappa shape index (κ1) is 13.9. The standard InChI is InChI=1S/C11H18N2O3S2/c1-18(14,15)11-8-17-5-3-13(11)10(6-12)9-2-4-16-7-9/h2,4,7,10-11H,3,5-6,8,12H2,1H3. The molecule has 0 spiro atoms. The number of nitrogens with zero attached hydrogens (tertiary/aromatic N) is 1. The predicted octanol–water partition coefficient (Wildman–Crippen LogP) is 0.699. The van der Waals surface area contributed by atoms with Crippen LogP contribution >= 0.6 is 11.8 Å². The van der Waals surface area contributed by atoms with Crippen molar-refractivity contribution in [3.05, 3.63) is 24.2 Å². The molecule has 1 fully saturated rings. The predicted molar refractivity (Wildman–Crippen MR) is 73.2 cm³/mol. The first-order valence-electron chi connectivity index (χ1n) is 5.78. The highest BCUT2D eigenvalue weighted by molar-refractivity contribution is 8.00. The van der Waals surface area contributed by atoms with Gasteiger partial charge in [0.15, 0.2) is 9.84 Å². The van der Waals surface area contributed by atoms with E-state index in [1.165, 1.54) is 6.26 Å². The second-order valence-electron chi connectivity index (χ2n) is 4.41. The van der Waals surface area contributed by atoms with E-state index in [1.54, 1.807) is 24.3 Å². The van der Waals surface area contributed by atoms with Gasteiger partial charge >= 0.3 is 0 Å². The maximum absolute atomic E-state index is 11.9. The van der Waals surface area contributed by atoms with Gasteiger partial charge in [0, 0.05) is 36.4 Å². The SMILES string of the molecule is CS(=O)(=O)C1CSCCN1C(CN)c1ccoc1. The molecule has 18 heavy (non-hydrogen) atoms. The Balaban J connectivity index is 2.27. The fraction of sp³-hybridized carbons (Fsp3) is 0.636. The van der Waals surface area contributed by atoms with Crippen LogP contribution in [0.15, 0.2) is 23.0 Å². The van der Waals surface area contributed by atoms with Crippen molar-refractivity contribution >= 4 is 21.6 Å². The van der Waals surface area contributed by atoms with Crippen molar-refractivity contribution in [3.63, 3.8) is 0 Å². The third kappa shape index (κ3) is 2.90. The monoisotopic (exact) mass is 290 g/mol. The molecule has 0 bridgehead atoms. The smallest absolute Gasteiger partial charge is 0.164 e. The van der Waals surface area contributed by atoms with Gasteiger partial charge in [0.1, 0.15) is 5.37 Å². The summed E-state index contributed by atoms with van der Waals surface area (Å²) in [5.74, 6) is 1.54. The van der Waals surface area contributed by atoms with E-state index in [2.05, 4.69) is 0 Å². The number of hydrogen-bond acceptors (Lipinski definition) is 6. The molecule has 2 heterocycles. The van der Waals surface area contributed by atoms with Gasteiger partial charge in [-0.15, -0.1) is 0 Å². The van der Waals surface area contributed by atoms with Crippen molar-refractivity contribution in [1.82, 2.24) is 4.90 Å². The molecule has 2 atom stereocenters. The van der Waals surface area contributed by atoms with Crippen molar-refractivity contribution in [3.8, 4) is 0 Å². The third-order valence-electron chi connectivity index (χ3n) is 3.17. The molecule has 2 N–H and O–H groups in total. The van der Waals surface area contributed by atoms with E-state index in [9.17, 15) is 8.42 Å². The molecule has 0 aromatic carbocycles. The van der Waals surface area contributed by atoms with E-state index in [4.69, 9.17) is 10.2 Å². The molecule has 0 radical (unpaired) electrons. The van der Waals surface area contributed by atoms with Crippen LogP contribution in [0.2, 0.25) is 0 Å². The largest absolute Gasteiger partial charge is 0.472 e. The highest BCUT2D eigenvalue weighted by atomic mass is 32.2. The Morgan fingerprint density at radius 2 is 2.44 bits per heavy atom. The summed E-state index contributed by atoms with van der Waals surface area (Å²) >= 11 is 1.67. The highest BCUT2D eigenvalue weighted by Crippen LogP contribution is 2.29.